The van der Waals surface area contributed by atoms with Crippen molar-refractivity contribution in [3.05, 3.63) is 11.8 Å². The van der Waals surface area contributed by atoms with E-state index in [-0.39, 0.29) is 6.04 Å². The van der Waals surface area contributed by atoms with Crippen LogP contribution >= 0.6 is 11.8 Å². The summed E-state index contributed by atoms with van der Waals surface area (Å²) in [5.41, 5.74) is 0.683. The van der Waals surface area contributed by atoms with Crippen molar-refractivity contribution in [1.82, 2.24) is 5.32 Å². The molecule has 1 unspecified atom stereocenters. The SMILES string of the molecule is CSC1=NC(C)C(C#N)=CN1. The molecule has 1 aliphatic rings. The van der Waals surface area contributed by atoms with Crippen LogP contribution in [0.3, 0.4) is 0 Å². The number of thioether (sulfide) groups is 1. The molecule has 0 bridgehead atoms. The van der Waals surface area contributed by atoms with Crippen LogP contribution in [-0.4, -0.2) is 17.5 Å². The number of nitrogens with one attached hydrogen (secondary N) is 1. The lowest BCUT2D eigenvalue weighted by Crippen LogP contribution is -2.23. The summed E-state index contributed by atoms with van der Waals surface area (Å²) in [4.78, 5) is 4.23. The summed E-state index contributed by atoms with van der Waals surface area (Å²) in [5, 5.41) is 12.4. The van der Waals surface area contributed by atoms with Gasteiger partial charge in [0.15, 0.2) is 5.17 Å². The molecule has 3 nitrogen and oxygen atoms in total. The van der Waals surface area contributed by atoms with E-state index in [0.29, 0.717) is 5.57 Å². The van der Waals surface area contributed by atoms with Crippen molar-refractivity contribution in [3.63, 3.8) is 0 Å². The first kappa shape index (κ1) is 8.15. The second kappa shape index (κ2) is 3.44. The summed E-state index contributed by atoms with van der Waals surface area (Å²) in [6.45, 7) is 1.91. The normalized spacial score (nSPS) is 22.8. The van der Waals surface area contributed by atoms with Crippen molar-refractivity contribution >= 4 is 16.9 Å². The topological polar surface area (TPSA) is 48.2 Å². The fraction of sp³-hybridized carbons (Fsp3) is 0.429. The largest absolute Gasteiger partial charge is 0.340 e. The fourth-order valence-corrected chi connectivity index (χ4v) is 1.22. The minimum absolute atomic E-state index is 0.00343. The highest BCUT2D eigenvalue weighted by molar-refractivity contribution is 8.13. The zero-order chi connectivity index (χ0) is 8.27. The molecule has 1 N–H and O–H groups in total. The van der Waals surface area contributed by atoms with E-state index in [1.54, 1.807) is 18.0 Å². The monoisotopic (exact) mass is 167 g/mol. The molecule has 58 valence electrons. The summed E-state index contributed by atoms with van der Waals surface area (Å²) in [6, 6.07) is 2.08. The van der Waals surface area contributed by atoms with Gasteiger partial charge in [0.1, 0.15) is 0 Å². The average Bonchev–Trinajstić information content (AvgIpc) is 2.04. The van der Waals surface area contributed by atoms with Gasteiger partial charge in [-0.3, -0.25) is 4.99 Å². The molecule has 0 radical (unpaired) electrons. The summed E-state index contributed by atoms with van der Waals surface area (Å²) in [7, 11) is 0. The molecule has 0 saturated carbocycles. The molecule has 0 fully saturated rings. The number of amidine groups is 1. The number of aliphatic imine (C=N–C) groups is 1. The molecule has 0 aromatic heterocycles. The lowest BCUT2D eigenvalue weighted by atomic mass is 10.1. The Hall–Kier alpha value is -0.950. The van der Waals surface area contributed by atoms with Crippen LogP contribution in [0.1, 0.15) is 6.92 Å². The predicted octanol–water partition coefficient (Wildman–Crippen LogP) is 1.10. The molecule has 0 aromatic carbocycles. The van der Waals surface area contributed by atoms with Gasteiger partial charge in [0.05, 0.1) is 17.7 Å². The maximum atomic E-state index is 8.59. The first-order chi connectivity index (χ1) is 5.27. The summed E-state index contributed by atoms with van der Waals surface area (Å²) in [6.07, 6.45) is 3.66. The number of nitrogens with zero attached hydrogens (tertiary/aromatic N) is 2. The van der Waals surface area contributed by atoms with Crippen LogP contribution in [0.15, 0.2) is 16.8 Å². The number of nitriles is 1. The quantitative estimate of drug-likeness (QED) is 0.587. The minimum atomic E-state index is 0.00343. The minimum Gasteiger partial charge on any atom is -0.340 e. The van der Waals surface area contributed by atoms with Crippen LogP contribution in [0.2, 0.25) is 0 Å². The van der Waals surface area contributed by atoms with Crippen molar-refractivity contribution in [2.45, 2.75) is 13.0 Å². The smallest absolute Gasteiger partial charge is 0.160 e. The van der Waals surface area contributed by atoms with E-state index < -0.39 is 0 Å². The Labute approximate surface area is 70.2 Å². The van der Waals surface area contributed by atoms with Crippen LogP contribution in [0.5, 0.6) is 0 Å². The number of rotatable bonds is 0. The Morgan fingerprint density at radius 2 is 2.55 bits per heavy atom. The van der Waals surface area contributed by atoms with E-state index in [4.69, 9.17) is 5.26 Å². The zero-order valence-electron chi connectivity index (χ0n) is 6.46. The van der Waals surface area contributed by atoms with E-state index in [1.807, 2.05) is 13.2 Å². The van der Waals surface area contributed by atoms with Gasteiger partial charge in [-0.1, -0.05) is 11.8 Å². The fourth-order valence-electron chi connectivity index (χ4n) is 0.780. The third kappa shape index (κ3) is 1.75. The zero-order valence-corrected chi connectivity index (χ0v) is 7.27. The molecular formula is C7H9N3S. The van der Waals surface area contributed by atoms with Crippen LogP contribution in [0.4, 0.5) is 0 Å². The third-order valence-electron chi connectivity index (χ3n) is 1.43. The summed E-state index contributed by atoms with van der Waals surface area (Å²) < 4.78 is 0. The second-order valence-electron chi connectivity index (χ2n) is 2.17. The van der Waals surface area contributed by atoms with Crippen molar-refractivity contribution in [3.8, 4) is 6.07 Å². The second-order valence-corrected chi connectivity index (χ2v) is 2.97. The third-order valence-corrected chi connectivity index (χ3v) is 2.04. The first-order valence-corrected chi connectivity index (χ1v) is 4.49. The standard InChI is InChI=1S/C7H9N3S/c1-5-6(3-8)4-9-7(10-5)11-2/h4-5H,1-2H3,(H,9,10). The Morgan fingerprint density at radius 1 is 1.82 bits per heavy atom. The van der Waals surface area contributed by atoms with Gasteiger partial charge in [0.25, 0.3) is 0 Å². The van der Waals surface area contributed by atoms with Crippen molar-refractivity contribution in [2.75, 3.05) is 6.26 Å². The highest BCUT2D eigenvalue weighted by Crippen LogP contribution is 2.11. The van der Waals surface area contributed by atoms with Crippen molar-refractivity contribution < 1.29 is 0 Å². The Balaban J connectivity index is 2.73. The van der Waals surface area contributed by atoms with E-state index in [1.165, 1.54) is 0 Å². The predicted molar refractivity (Wildman–Crippen MR) is 47.2 cm³/mol. The van der Waals surface area contributed by atoms with Gasteiger partial charge < -0.3 is 5.32 Å². The molecule has 11 heavy (non-hydrogen) atoms. The lowest BCUT2D eigenvalue weighted by Gasteiger charge is -2.13. The van der Waals surface area contributed by atoms with Gasteiger partial charge >= 0.3 is 0 Å². The van der Waals surface area contributed by atoms with Gasteiger partial charge in [-0.2, -0.15) is 5.26 Å². The molecule has 4 heteroatoms. The van der Waals surface area contributed by atoms with Gasteiger partial charge in [-0.25, -0.2) is 0 Å². The van der Waals surface area contributed by atoms with Crippen LogP contribution in [-0.2, 0) is 0 Å². The summed E-state index contributed by atoms with van der Waals surface area (Å²) in [5.74, 6) is 0. The molecule has 0 aromatic rings. The van der Waals surface area contributed by atoms with E-state index >= 15 is 0 Å². The van der Waals surface area contributed by atoms with Gasteiger partial charge in [-0.15, -0.1) is 0 Å². The van der Waals surface area contributed by atoms with Crippen molar-refractivity contribution in [2.24, 2.45) is 4.99 Å². The molecule has 0 spiro atoms. The Kier molecular flexibility index (Phi) is 2.55. The maximum absolute atomic E-state index is 8.59. The van der Waals surface area contributed by atoms with Crippen LogP contribution in [0, 0.1) is 11.3 Å². The molecule has 1 aliphatic heterocycles. The molecular weight excluding hydrogens is 158 g/mol. The molecule has 0 amide bonds. The van der Waals surface area contributed by atoms with Crippen LogP contribution < -0.4 is 5.32 Å². The lowest BCUT2D eigenvalue weighted by molar-refractivity contribution is 0.857. The maximum Gasteiger partial charge on any atom is 0.160 e. The highest BCUT2D eigenvalue weighted by Gasteiger charge is 2.12. The van der Waals surface area contributed by atoms with Crippen molar-refractivity contribution in [1.29, 1.82) is 5.26 Å². The molecule has 1 atom stereocenters. The molecule has 1 heterocycles. The van der Waals surface area contributed by atoms with Gasteiger partial charge in [-0.05, 0) is 13.2 Å². The molecule has 0 aliphatic carbocycles. The van der Waals surface area contributed by atoms with E-state index in [9.17, 15) is 0 Å². The highest BCUT2D eigenvalue weighted by atomic mass is 32.2. The molecule has 0 saturated heterocycles. The number of hydrogen-bond acceptors (Lipinski definition) is 4. The van der Waals surface area contributed by atoms with Gasteiger partial charge in [0.2, 0.25) is 0 Å². The Bertz CT molecular complexity index is 249. The summed E-state index contributed by atoms with van der Waals surface area (Å²) >= 11 is 1.55. The van der Waals surface area contributed by atoms with E-state index in [2.05, 4.69) is 16.4 Å². The Morgan fingerprint density at radius 3 is 3.00 bits per heavy atom. The van der Waals surface area contributed by atoms with E-state index in [0.717, 1.165) is 5.17 Å². The average molecular weight is 167 g/mol. The van der Waals surface area contributed by atoms with Gasteiger partial charge in [0, 0.05) is 6.20 Å². The van der Waals surface area contributed by atoms with Crippen LogP contribution in [0.25, 0.3) is 0 Å². The molecule has 1 rings (SSSR count). The first-order valence-electron chi connectivity index (χ1n) is 3.26. The number of hydrogen-bond donors (Lipinski definition) is 1.